The standard InChI is InChI=1S/C21H31NO5/c1-3-25-18-10-12-19(13-11-18)27-16-20(23)22(15-14-21(24)26-4-2)17-8-6-5-7-9-17/h10-13,17H,3-9,14-16H2,1-2H3. The number of nitrogens with zero attached hydrogens (tertiary/aromatic N) is 1. The Labute approximate surface area is 161 Å². The molecule has 1 aromatic rings. The van der Waals surface area contributed by atoms with Gasteiger partial charge in [-0.3, -0.25) is 9.59 Å². The van der Waals surface area contributed by atoms with Crippen molar-refractivity contribution in [2.75, 3.05) is 26.4 Å². The van der Waals surface area contributed by atoms with Crippen LogP contribution in [0.15, 0.2) is 24.3 Å². The zero-order valence-electron chi connectivity index (χ0n) is 16.4. The summed E-state index contributed by atoms with van der Waals surface area (Å²) in [6.45, 7) is 5.03. The number of rotatable bonds is 10. The molecule has 0 spiro atoms. The van der Waals surface area contributed by atoms with Crippen LogP contribution in [-0.2, 0) is 14.3 Å². The minimum absolute atomic E-state index is 0.0344. The van der Waals surface area contributed by atoms with Crippen LogP contribution in [0.1, 0.15) is 52.4 Å². The van der Waals surface area contributed by atoms with Gasteiger partial charge in [0.1, 0.15) is 11.5 Å². The summed E-state index contributed by atoms with van der Waals surface area (Å²) in [7, 11) is 0. The molecule has 0 aliphatic heterocycles. The van der Waals surface area contributed by atoms with Crippen LogP contribution in [0.25, 0.3) is 0 Å². The molecule has 1 aliphatic carbocycles. The molecule has 1 amide bonds. The van der Waals surface area contributed by atoms with Gasteiger partial charge in [-0.1, -0.05) is 19.3 Å². The molecular weight excluding hydrogens is 346 g/mol. The maximum Gasteiger partial charge on any atom is 0.307 e. The Balaban J connectivity index is 1.91. The molecule has 0 saturated heterocycles. The number of hydrogen-bond acceptors (Lipinski definition) is 5. The summed E-state index contributed by atoms with van der Waals surface area (Å²) in [6, 6.07) is 7.42. The highest BCUT2D eigenvalue weighted by Gasteiger charge is 2.26. The monoisotopic (exact) mass is 377 g/mol. The van der Waals surface area contributed by atoms with Crippen molar-refractivity contribution in [1.82, 2.24) is 4.90 Å². The van der Waals surface area contributed by atoms with Gasteiger partial charge in [-0.05, 0) is 51.0 Å². The molecule has 0 unspecified atom stereocenters. The third kappa shape index (κ3) is 7.12. The van der Waals surface area contributed by atoms with E-state index >= 15 is 0 Å². The molecule has 0 radical (unpaired) electrons. The Kier molecular flexibility index (Phi) is 8.95. The van der Waals surface area contributed by atoms with E-state index in [1.54, 1.807) is 19.1 Å². The number of hydrogen-bond donors (Lipinski definition) is 0. The maximum atomic E-state index is 12.8. The van der Waals surface area contributed by atoms with Gasteiger partial charge in [0, 0.05) is 12.6 Å². The molecule has 0 atom stereocenters. The van der Waals surface area contributed by atoms with E-state index < -0.39 is 0 Å². The van der Waals surface area contributed by atoms with Crippen LogP contribution in [0, 0.1) is 0 Å². The molecule has 150 valence electrons. The second-order valence-corrected chi connectivity index (χ2v) is 6.63. The first-order valence-electron chi connectivity index (χ1n) is 9.94. The van der Waals surface area contributed by atoms with E-state index in [0.29, 0.717) is 25.5 Å². The van der Waals surface area contributed by atoms with Crippen LogP contribution in [0.2, 0.25) is 0 Å². The van der Waals surface area contributed by atoms with Crippen LogP contribution in [0.3, 0.4) is 0 Å². The second-order valence-electron chi connectivity index (χ2n) is 6.63. The highest BCUT2D eigenvalue weighted by Crippen LogP contribution is 2.23. The smallest absolute Gasteiger partial charge is 0.307 e. The van der Waals surface area contributed by atoms with Gasteiger partial charge >= 0.3 is 5.97 Å². The average Bonchev–Trinajstić information content (AvgIpc) is 2.69. The van der Waals surface area contributed by atoms with E-state index in [1.165, 1.54) is 6.42 Å². The van der Waals surface area contributed by atoms with Crippen molar-refractivity contribution >= 4 is 11.9 Å². The molecule has 0 bridgehead atoms. The Morgan fingerprint density at radius 3 is 2.19 bits per heavy atom. The fraction of sp³-hybridized carbons (Fsp3) is 0.619. The van der Waals surface area contributed by atoms with Crippen molar-refractivity contribution in [1.29, 1.82) is 0 Å². The molecule has 0 heterocycles. The van der Waals surface area contributed by atoms with Gasteiger partial charge in [0.25, 0.3) is 5.91 Å². The third-order valence-corrected chi connectivity index (χ3v) is 4.70. The Bertz CT molecular complexity index is 581. The number of carbonyl (C=O) groups is 2. The first-order valence-corrected chi connectivity index (χ1v) is 9.94. The van der Waals surface area contributed by atoms with Crippen molar-refractivity contribution in [2.45, 2.75) is 58.4 Å². The lowest BCUT2D eigenvalue weighted by atomic mass is 9.94. The Morgan fingerprint density at radius 2 is 1.59 bits per heavy atom. The molecular formula is C21H31NO5. The average molecular weight is 377 g/mol. The Hall–Kier alpha value is -2.24. The number of ether oxygens (including phenoxy) is 3. The normalized spacial score (nSPS) is 14.4. The van der Waals surface area contributed by atoms with E-state index in [1.807, 2.05) is 24.0 Å². The number of benzene rings is 1. The number of amides is 1. The zero-order chi connectivity index (χ0) is 19.5. The third-order valence-electron chi connectivity index (χ3n) is 4.70. The van der Waals surface area contributed by atoms with E-state index in [2.05, 4.69) is 0 Å². The van der Waals surface area contributed by atoms with E-state index in [4.69, 9.17) is 14.2 Å². The molecule has 0 aromatic heterocycles. The molecule has 6 nitrogen and oxygen atoms in total. The van der Waals surface area contributed by atoms with Gasteiger partial charge in [-0.2, -0.15) is 0 Å². The fourth-order valence-electron chi connectivity index (χ4n) is 3.38. The minimum Gasteiger partial charge on any atom is -0.494 e. The van der Waals surface area contributed by atoms with Crippen LogP contribution in [-0.4, -0.2) is 49.2 Å². The molecule has 1 fully saturated rings. The van der Waals surface area contributed by atoms with Crippen molar-refractivity contribution in [3.8, 4) is 11.5 Å². The molecule has 6 heteroatoms. The molecule has 27 heavy (non-hydrogen) atoms. The molecule has 0 N–H and O–H groups in total. The van der Waals surface area contributed by atoms with Crippen molar-refractivity contribution in [3.63, 3.8) is 0 Å². The predicted molar refractivity (Wildman–Crippen MR) is 103 cm³/mol. The summed E-state index contributed by atoms with van der Waals surface area (Å²) < 4.78 is 16.1. The van der Waals surface area contributed by atoms with E-state index in [-0.39, 0.29) is 30.9 Å². The lowest BCUT2D eigenvalue weighted by Gasteiger charge is -2.34. The van der Waals surface area contributed by atoms with Crippen LogP contribution >= 0.6 is 0 Å². The lowest BCUT2D eigenvalue weighted by Crippen LogP contribution is -2.44. The second kappa shape index (κ2) is 11.5. The van der Waals surface area contributed by atoms with Crippen molar-refractivity contribution in [2.24, 2.45) is 0 Å². The van der Waals surface area contributed by atoms with Gasteiger partial charge < -0.3 is 19.1 Å². The van der Waals surface area contributed by atoms with Crippen molar-refractivity contribution < 1.29 is 23.8 Å². The Morgan fingerprint density at radius 1 is 0.963 bits per heavy atom. The summed E-state index contributed by atoms with van der Waals surface area (Å²) in [5, 5.41) is 0. The van der Waals surface area contributed by atoms with Crippen LogP contribution < -0.4 is 9.47 Å². The maximum absolute atomic E-state index is 12.8. The highest BCUT2D eigenvalue weighted by atomic mass is 16.5. The first-order chi connectivity index (χ1) is 13.1. The van der Waals surface area contributed by atoms with Crippen LogP contribution in [0.5, 0.6) is 11.5 Å². The van der Waals surface area contributed by atoms with Crippen LogP contribution in [0.4, 0.5) is 0 Å². The van der Waals surface area contributed by atoms with Gasteiger partial charge in [-0.25, -0.2) is 0 Å². The van der Waals surface area contributed by atoms with Crippen molar-refractivity contribution in [3.05, 3.63) is 24.3 Å². The molecule has 1 aliphatic rings. The number of carbonyl (C=O) groups excluding carboxylic acids is 2. The lowest BCUT2D eigenvalue weighted by molar-refractivity contribution is -0.145. The van der Waals surface area contributed by atoms with Gasteiger partial charge in [0.05, 0.1) is 19.6 Å². The molecule has 1 saturated carbocycles. The number of esters is 1. The highest BCUT2D eigenvalue weighted by molar-refractivity contribution is 5.79. The SMILES string of the molecule is CCOC(=O)CCN(C(=O)COc1ccc(OCC)cc1)C1CCCCC1. The summed E-state index contributed by atoms with van der Waals surface area (Å²) in [6.07, 6.45) is 5.63. The summed E-state index contributed by atoms with van der Waals surface area (Å²) in [5.74, 6) is 1.05. The molecule has 1 aromatic carbocycles. The summed E-state index contributed by atoms with van der Waals surface area (Å²) in [4.78, 5) is 26.3. The topological polar surface area (TPSA) is 65.1 Å². The van der Waals surface area contributed by atoms with Gasteiger partial charge in [0.2, 0.25) is 0 Å². The van der Waals surface area contributed by atoms with E-state index in [0.717, 1.165) is 31.4 Å². The first kappa shape index (κ1) is 21.1. The van der Waals surface area contributed by atoms with Gasteiger partial charge in [-0.15, -0.1) is 0 Å². The molecule has 2 rings (SSSR count). The predicted octanol–water partition coefficient (Wildman–Crippen LogP) is 3.58. The zero-order valence-corrected chi connectivity index (χ0v) is 16.4. The minimum atomic E-state index is -0.265. The fourth-order valence-corrected chi connectivity index (χ4v) is 3.38. The largest absolute Gasteiger partial charge is 0.494 e. The van der Waals surface area contributed by atoms with Gasteiger partial charge in [0.15, 0.2) is 6.61 Å². The van der Waals surface area contributed by atoms with E-state index in [9.17, 15) is 9.59 Å². The summed E-state index contributed by atoms with van der Waals surface area (Å²) >= 11 is 0. The quantitative estimate of drug-likeness (QED) is 0.583. The summed E-state index contributed by atoms with van der Waals surface area (Å²) in [5.41, 5.74) is 0.